The third kappa shape index (κ3) is 2.33. The molecule has 0 aliphatic carbocycles. The van der Waals surface area contributed by atoms with Crippen molar-refractivity contribution in [3.8, 4) is 11.5 Å². The molecule has 1 aromatic carbocycles. The van der Waals surface area contributed by atoms with Gasteiger partial charge in [0, 0.05) is 12.0 Å². The Morgan fingerprint density at radius 2 is 2.31 bits per heavy atom. The van der Waals surface area contributed by atoms with Crippen LogP contribution in [0.3, 0.4) is 0 Å². The van der Waals surface area contributed by atoms with E-state index in [1.54, 1.807) is 25.3 Å². The van der Waals surface area contributed by atoms with Crippen LogP contribution in [0.4, 0.5) is 0 Å². The number of benzene rings is 1. The second kappa shape index (κ2) is 4.99. The normalized spacial score (nSPS) is 19.4. The summed E-state index contributed by atoms with van der Waals surface area (Å²) < 4.78 is 16.1. The minimum Gasteiger partial charge on any atom is -0.493 e. The molecule has 1 atom stereocenters. The fraction of sp³-hybridized carbons (Fsp3) is 0.417. The second-order valence-corrected chi connectivity index (χ2v) is 3.63. The van der Waals surface area contributed by atoms with Crippen LogP contribution < -0.4 is 9.47 Å². The van der Waals surface area contributed by atoms with Gasteiger partial charge in [-0.05, 0) is 18.2 Å². The molecule has 0 bridgehead atoms. The highest BCUT2D eigenvalue weighted by molar-refractivity contribution is 5.76. The average Bonchev–Trinajstić information content (AvgIpc) is 2.82. The van der Waals surface area contributed by atoms with Gasteiger partial charge in [0.1, 0.15) is 12.4 Å². The van der Waals surface area contributed by atoms with E-state index in [9.17, 15) is 4.79 Å². The molecule has 1 aliphatic heterocycles. The molecular formula is C12H14O4. The quantitative estimate of drug-likeness (QED) is 0.727. The molecule has 1 aliphatic rings. The highest BCUT2D eigenvalue weighted by Gasteiger charge is 2.19. The number of hydrogen-bond acceptors (Lipinski definition) is 4. The van der Waals surface area contributed by atoms with Crippen LogP contribution in [0, 0.1) is 0 Å². The third-order valence-corrected chi connectivity index (χ3v) is 2.51. The fourth-order valence-electron chi connectivity index (χ4n) is 1.64. The minimum absolute atomic E-state index is 0.0517. The van der Waals surface area contributed by atoms with E-state index in [1.165, 1.54) is 0 Å². The molecule has 0 radical (unpaired) electrons. The molecule has 1 heterocycles. The van der Waals surface area contributed by atoms with Crippen LogP contribution in [-0.2, 0) is 4.74 Å². The smallest absolute Gasteiger partial charge is 0.162 e. The maximum atomic E-state index is 10.7. The van der Waals surface area contributed by atoms with Crippen LogP contribution in [0.1, 0.15) is 16.8 Å². The molecule has 1 saturated heterocycles. The topological polar surface area (TPSA) is 44.8 Å². The van der Waals surface area contributed by atoms with Crippen molar-refractivity contribution < 1.29 is 19.0 Å². The highest BCUT2D eigenvalue weighted by atomic mass is 16.6. The van der Waals surface area contributed by atoms with Crippen molar-refractivity contribution in [2.45, 2.75) is 12.5 Å². The number of rotatable bonds is 4. The Morgan fingerprint density at radius 1 is 1.44 bits per heavy atom. The fourth-order valence-corrected chi connectivity index (χ4v) is 1.64. The van der Waals surface area contributed by atoms with Gasteiger partial charge in [-0.15, -0.1) is 0 Å². The molecule has 4 heteroatoms. The lowest BCUT2D eigenvalue weighted by Crippen LogP contribution is -2.16. The van der Waals surface area contributed by atoms with Crippen LogP contribution in [-0.4, -0.2) is 32.7 Å². The van der Waals surface area contributed by atoms with Gasteiger partial charge in [-0.3, -0.25) is 4.79 Å². The van der Waals surface area contributed by atoms with Gasteiger partial charge in [0.25, 0.3) is 0 Å². The number of carbonyl (C=O) groups excluding carboxylic acids is 1. The molecule has 1 aromatic rings. The van der Waals surface area contributed by atoms with E-state index < -0.39 is 0 Å². The summed E-state index contributed by atoms with van der Waals surface area (Å²) in [4.78, 5) is 10.7. The highest BCUT2D eigenvalue weighted by Crippen LogP contribution is 2.29. The summed E-state index contributed by atoms with van der Waals surface area (Å²) in [5.74, 6) is 1.24. The molecule has 1 unspecified atom stereocenters. The van der Waals surface area contributed by atoms with Crippen LogP contribution in [0.2, 0.25) is 0 Å². The largest absolute Gasteiger partial charge is 0.493 e. The Morgan fingerprint density at radius 3 is 2.94 bits per heavy atom. The Hall–Kier alpha value is -1.55. The lowest BCUT2D eigenvalue weighted by Gasteiger charge is -2.15. The molecule has 0 amide bonds. The van der Waals surface area contributed by atoms with Crippen molar-refractivity contribution in [2.75, 3.05) is 20.3 Å². The molecule has 0 saturated carbocycles. The van der Waals surface area contributed by atoms with Gasteiger partial charge in [0.05, 0.1) is 20.3 Å². The monoisotopic (exact) mass is 222 g/mol. The predicted octanol–water partition coefficient (Wildman–Crippen LogP) is 1.68. The van der Waals surface area contributed by atoms with Gasteiger partial charge in [0.2, 0.25) is 0 Å². The molecule has 86 valence electrons. The number of ether oxygens (including phenoxy) is 3. The first kappa shape index (κ1) is 11.0. The van der Waals surface area contributed by atoms with Crippen LogP contribution in [0.15, 0.2) is 18.2 Å². The molecule has 2 rings (SSSR count). The van der Waals surface area contributed by atoms with Gasteiger partial charge < -0.3 is 14.2 Å². The molecular weight excluding hydrogens is 208 g/mol. The summed E-state index contributed by atoms with van der Waals surface area (Å²) in [7, 11) is 1.58. The summed E-state index contributed by atoms with van der Waals surface area (Å²) in [5, 5.41) is 0. The van der Waals surface area contributed by atoms with E-state index in [4.69, 9.17) is 14.2 Å². The van der Waals surface area contributed by atoms with Crippen LogP contribution in [0.5, 0.6) is 11.5 Å². The van der Waals surface area contributed by atoms with Gasteiger partial charge in [0.15, 0.2) is 11.5 Å². The zero-order valence-electron chi connectivity index (χ0n) is 9.14. The third-order valence-electron chi connectivity index (χ3n) is 2.51. The lowest BCUT2D eigenvalue weighted by atomic mass is 10.2. The average molecular weight is 222 g/mol. The van der Waals surface area contributed by atoms with Crippen molar-refractivity contribution in [3.63, 3.8) is 0 Å². The van der Waals surface area contributed by atoms with Crippen molar-refractivity contribution in [1.29, 1.82) is 0 Å². The summed E-state index contributed by atoms with van der Waals surface area (Å²) >= 11 is 0. The van der Waals surface area contributed by atoms with Crippen LogP contribution in [0.25, 0.3) is 0 Å². The first-order valence-electron chi connectivity index (χ1n) is 5.21. The van der Waals surface area contributed by atoms with Crippen molar-refractivity contribution in [1.82, 2.24) is 0 Å². The lowest BCUT2D eigenvalue weighted by molar-refractivity contribution is 0.112. The Bertz CT molecular complexity index is 369. The zero-order valence-corrected chi connectivity index (χ0v) is 9.14. The summed E-state index contributed by atoms with van der Waals surface area (Å²) in [6.45, 7) is 1.31. The van der Waals surface area contributed by atoms with Gasteiger partial charge in [-0.2, -0.15) is 0 Å². The first-order chi connectivity index (χ1) is 7.83. The van der Waals surface area contributed by atoms with E-state index >= 15 is 0 Å². The number of carbonyl (C=O) groups is 1. The summed E-state index contributed by atoms with van der Waals surface area (Å²) in [6.07, 6.45) is 1.71. The number of aldehydes is 1. The van der Waals surface area contributed by atoms with Gasteiger partial charge in [-0.25, -0.2) is 0 Å². The molecule has 16 heavy (non-hydrogen) atoms. The van der Waals surface area contributed by atoms with E-state index in [0.717, 1.165) is 19.3 Å². The van der Waals surface area contributed by atoms with Crippen molar-refractivity contribution in [2.24, 2.45) is 0 Å². The summed E-state index contributed by atoms with van der Waals surface area (Å²) in [6, 6.07) is 5.11. The van der Waals surface area contributed by atoms with Gasteiger partial charge >= 0.3 is 0 Å². The predicted molar refractivity (Wildman–Crippen MR) is 58.2 cm³/mol. The zero-order chi connectivity index (χ0) is 11.4. The summed E-state index contributed by atoms with van der Waals surface area (Å²) in [5.41, 5.74) is 0.578. The van der Waals surface area contributed by atoms with E-state index in [2.05, 4.69) is 0 Å². The maximum absolute atomic E-state index is 10.7. The molecule has 0 spiro atoms. The Kier molecular flexibility index (Phi) is 3.41. The van der Waals surface area contributed by atoms with Crippen molar-refractivity contribution in [3.05, 3.63) is 23.8 Å². The SMILES string of the molecule is COc1ccc(C=O)cc1OC1CCOC1. The molecule has 0 aromatic heterocycles. The molecule has 1 fully saturated rings. The maximum Gasteiger partial charge on any atom is 0.162 e. The Labute approximate surface area is 94.1 Å². The standard InChI is InChI=1S/C12H14O4/c1-14-11-3-2-9(7-13)6-12(11)16-10-4-5-15-8-10/h2-3,6-7,10H,4-5,8H2,1H3. The first-order valence-corrected chi connectivity index (χ1v) is 5.21. The van der Waals surface area contributed by atoms with E-state index in [0.29, 0.717) is 23.7 Å². The number of hydrogen-bond donors (Lipinski definition) is 0. The van der Waals surface area contributed by atoms with E-state index in [1.807, 2.05) is 0 Å². The molecule has 4 nitrogen and oxygen atoms in total. The van der Waals surface area contributed by atoms with E-state index in [-0.39, 0.29) is 6.10 Å². The van der Waals surface area contributed by atoms with Crippen molar-refractivity contribution >= 4 is 6.29 Å². The van der Waals surface area contributed by atoms with Gasteiger partial charge in [-0.1, -0.05) is 0 Å². The molecule has 0 N–H and O–H groups in total. The number of methoxy groups -OCH3 is 1. The minimum atomic E-state index is 0.0517. The Balaban J connectivity index is 2.18. The van der Waals surface area contributed by atoms with Crippen LogP contribution >= 0.6 is 0 Å². The second-order valence-electron chi connectivity index (χ2n) is 3.63.